The molecule has 146 valence electrons. The van der Waals surface area contributed by atoms with Crippen LogP contribution in [0.5, 0.6) is 5.75 Å². The molecule has 0 amide bonds. The van der Waals surface area contributed by atoms with E-state index in [2.05, 4.69) is 19.1 Å². The summed E-state index contributed by atoms with van der Waals surface area (Å²) in [5.41, 5.74) is 3.63. The van der Waals surface area contributed by atoms with Gasteiger partial charge in [-0.1, -0.05) is 19.9 Å². The molecule has 0 bridgehead atoms. The number of hydrogen-bond acceptors (Lipinski definition) is 4. The highest BCUT2D eigenvalue weighted by atomic mass is 32.2. The molecular weight excluding hydrogens is 360 g/mol. The smallest absolute Gasteiger partial charge is 0.371 e. The van der Waals surface area contributed by atoms with Crippen LogP contribution in [-0.2, 0) is 23.1 Å². The Kier molecular flexibility index (Phi) is 4.51. The number of nitrogens with two attached hydrogens (primary N) is 1. The van der Waals surface area contributed by atoms with Gasteiger partial charge in [0.1, 0.15) is 5.75 Å². The molecule has 0 heterocycles. The second kappa shape index (κ2) is 6.49. The quantitative estimate of drug-likeness (QED) is 0.851. The maximum atomic E-state index is 11.4. The van der Waals surface area contributed by atoms with E-state index in [1.54, 1.807) is 0 Å². The van der Waals surface area contributed by atoms with E-state index in [9.17, 15) is 13.7 Å². The van der Waals surface area contributed by atoms with Crippen molar-refractivity contribution in [2.24, 2.45) is 28.3 Å². The van der Waals surface area contributed by atoms with Crippen LogP contribution in [0.15, 0.2) is 12.1 Å². The molecule has 0 aromatic heterocycles. The van der Waals surface area contributed by atoms with Crippen molar-refractivity contribution in [3.63, 3.8) is 0 Å². The Labute approximate surface area is 162 Å². The van der Waals surface area contributed by atoms with Gasteiger partial charge in [0, 0.05) is 0 Å². The van der Waals surface area contributed by atoms with Crippen LogP contribution >= 0.6 is 0 Å². The van der Waals surface area contributed by atoms with Crippen molar-refractivity contribution in [2.45, 2.75) is 64.7 Å². The Morgan fingerprint density at radius 2 is 2.07 bits per heavy atom. The van der Waals surface area contributed by atoms with Crippen LogP contribution in [0.25, 0.3) is 0 Å². The van der Waals surface area contributed by atoms with E-state index in [1.807, 2.05) is 13.0 Å². The van der Waals surface area contributed by atoms with Gasteiger partial charge in [-0.05, 0) is 90.9 Å². The minimum absolute atomic E-state index is 0.164. The van der Waals surface area contributed by atoms with Crippen molar-refractivity contribution >= 4 is 10.3 Å². The average molecular weight is 389 g/mol. The Morgan fingerprint density at radius 3 is 2.74 bits per heavy atom. The van der Waals surface area contributed by atoms with Gasteiger partial charge in [-0.15, -0.1) is 0 Å². The first kappa shape index (κ1) is 18.8. The predicted molar refractivity (Wildman–Crippen MR) is 103 cm³/mol. The molecule has 5 atom stereocenters. The van der Waals surface area contributed by atoms with E-state index in [4.69, 9.17) is 9.32 Å². The monoisotopic (exact) mass is 388 g/mol. The molecule has 27 heavy (non-hydrogen) atoms. The van der Waals surface area contributed by atoms with E-state index in [1.165, 1.54) is 17.5 Å². The van der Waals surface area contributed by atoms with Crippen molar-refractivity contribution in [2.75, 3.05) is 0 Å². The zero-order chi connectivity index (χ0) is 19.4. The summed E-state index contributed by atoms with van der Waals surface area (Å²) in [5, 5.41) is 14.7. The van der Waals surface area contributed by atoms with E-state index < -0.39 is 10.3 Å². The number of fused-ring (bicyclic) bond motifs is 5. The molecule has 2 fully saturated rings. The lowest BCUT2D eigenvalue weighted by Gasteiger charge is -2.50. The van der Waals surface area contributed by atoms with Gasteiger partial charge in [0.05, 0.1) is 12.0 Å². The molecule has 1 aromatic carbocycles. The largest absolute Gasteiger partial charge is 0.380 e. The second-order valence-electron chi connectivity index (χ2n) is 8.81. The highest BCUT2D eigenvalue weighted by Crippen LogP contribution is 2.63. The summed E-state index contributed by atoms with van der Waals surface area (Å²) < 4.78 is 27.9. The standard InChI is InChI=1S/C21H28N2O3S/c1-3-13-10-18-14(11-20(13)26-27(23,24)25)4-6-17-16(18)8-9-21(2)15(12-22)5-7-19(17)21/h10-11,15-17,19H,3-9H2,1-2H3,(H2,23,24,25)/t15-,16+,17-,19+,21-/m1/s1. The summed E-state index contributed by atoms with van der Waals surface area (Å²) in [6, 6.07) is 6.64. The molecule has 2 N–H and O–H groups in total. The topological polar surface area (TPSA) is 93.2 Å². The van der Waals surface area contributed by atoms with Crippen molar-refractivity contribution in [1.29, 1.82) is 5.26 Å². The first-order valence-electron chi connectivity index (χ1n) is 10.0. The lowest BCUT2D eigenvalue weighted by molar-refractivity contribution is 0.0427. The molecule has 6 heteroatoms. The normalized spacial score (nSPS) is 34.9. The maximum absolute atomic E-state index is 11.4. The van der Waals surface area contributed by atoms with Crippen LogP contribution in [0.4, 0.5) is 0 Å². The fraction of sp³-hybridized carbons (Fsp3) is 0.667. The molecule has 5 nitrogen and oxygen atoms in total. The number of hydrogen-bond donors (Lipinski definition) is 1. The number of nitriles is 1. The molecular formula is C21H28N2O3S. The first-order valence-corrected chi connectivity index (χ1v) is 11.5. The third-order valence-corrected chi connectivity index (χ3v) is 8.06. The van der Waals surface area contributed by atoms with Gasteiger partial charge >= 0.3 is 10.3 Å². The fourth-order valence-corrected chi connectivity index (χ4v) is 6.74. The van der Waals surface area contributed by atoms with Gasteiger partial charge in [-0.25, -0.2) is 0 Å². The van der Waals surface area contributed by atoms with Crippen LogP contribution in [-0.4, -0.2) is 8.42 Å². The van der Waals surface area contributed by atoms with Crippen LogP contribution in [0.1, 0.15) is 68.6 Å². The Balaban J connectivity index is 1.70. The number of rotatable bonds is 3. The first-order chi connectivity index (χ1) is 12.8. The van der Waals surface area contributed by atoms with Gasteiger partial charge in [-0.3, -0.25) is 0 Å². The summed E-state index contributed by atoms with van der Waals surface area (Å²) in [5.74, 6) is 2.34. The van der Waals surface area contributed by atoms with E-state index in [-0.39, 0.29) is 11.3 Å². The molecule has 0 unspecified atom stereocenters. The van der Waals surface area contributed by atoms with Crippen molar-refractivity contribution in [3.05, 3.63) is 28.8 Å². The van der Waals surface area contributed by atoms with Crippen LogP contribution in [0.2, 0.25) is 0 Å². The lowest BCUT2D eigenvalue weighted by atomic mass is 9.54. The van der Waals surface area contributed by atoms with Crippen molar-refractivity contribution in [3.8, 4) is 11.8 Å². The van der Waals surface area contributed by atoms with Gasteiger partial charge in [-0.2, -0.15) is 18.8 Å². The average Bonchev–Trinajstić information content (AvgIpc) is 2.95. The summed E-state index contributed by atoms with van der Waals surface area (Å²) in [7, 11) is -4.02. The van der Waals surface area contributed by atoms with Crippen LogP contribution in [0, 0.1) is 34.5 Å². The van der Waals surface area contributed by atoms with E-state index in [0.29, 0.717) is 29.9 Å². The third kappa shape index (κ3) is 3.05. The lowest BCUT2D eigenvalue weighted by Crippen LogP contribution is -2.42. The van der Waals surface area contributed by atoms with Gasteiger partial charge in [0.15, 0.2) is 0 Å². The second-order valence-corrected chi connectivity index (χ2v) is 9.96. The van der Waals surface area contributed by atoms with Gasteiger partial charge < -0.3 is 4.18 Å². The number of aryl methyl sites for hydroxylation is 2. The van der Waals surface area contributed by atoms with E-state index in [0.717, 1.165) is 37.7 Å². The Bertz CT molecular complexity index is 905. The summed E-state index contributed by atoms with van der Waals surface area (Å²) in [6.45, 7) is 4.34. The van der Waals surface area contributed by atoms with Crippen molar-refractivity contribution in [1.82, 2.24) is 0 Å². The molecule has 1 aromatic rings. The summed E-state index contributed by atoms with van der Waals surface area (Å²) in [6.07, 6.45) is 7.16. The number of benzene rings is 1. The highest BCUT2D eigenvalue weighted by Gasteiger charge is 2.54. The summed E-state index contributed by atoms with van der Waals surface area (Å²) in [4.78, 5) is 0. The Morgan fingerprint density at radius 1 is 1.30 bits per heavy atom. The molecule has 2 saturated carbocycles. The van der Waals surface area contributed by atoms with Gasteiger partial charge in [0.2, 0.25) is 0 Å². The van der Waals surface area contributed by atoms with Crippen LogP contribution < -0.4 is 9.32 Å². The Hall–Kier alpha value is -1.58. The zero-order valence-electron chi connectivity index (χ0n) is 16.1. The minimum atomic E-state index is -4.02. The SMILES string of the molecule is CCc1cc2c(cc1OS(N)(=O)=O)CC[C@@H]1[C@@H]2CC[C@]2(C)[C@@H](C#N)CC[C@@H]12. The third-order valence-electron chi connectivity index (χ3n) is 7.65. The molecule has 3 aliphatic carbocycles. The molecule has 0 aliphatic heterocycles. The molecule has 3 aliphatic rings. The molecule has 0 radical (unpaired) electrons. The number of nitrogens with zero attached hydrogens (tertiary/aromatic N) is 1. The predicted octanol–water partition coefficient (Wildman–Crippen LogP) is 3.83. The fourth-order valence-electron chi connectivity index (χ4n) is 6.34. The minimum Gasteiger partial charge on any atom is -0.371 e. The van der Waals surface area contributed by atoms with Crippen molar-refractivity contribution < 1.29 is 12.6 Å². The maximum Gasteiger partial charge on any atom is 0.380 e. The van der Waals surface area contributed by atoms with Crippen LogP contribution in [0.3, 0.4) is 0 Å². The van der Waals surface area contributed by atoms with E-state index >= 15 is 0 Å². The highest BCUT2D eigenvalue weighted by molar-refractivity contribution is 7.84. The zero-order valence-corrected chi connectivity index (χ0v) is 16.9. The van der Waals surface area contributed by atoms with Gasteiger partial charge in [0.25, 0.3) is 0 Å². The molecule has 0 saturated heterocycles. The molecule has 4 rings (SSSR count). The summed E-state index contributed by atoms with van der Waals surface area (Å²) >= 11 is 0. The molecule has 0 spiro atoms.